The summed E-state index contributed by atoms with van der Waals surface area (Å²) in [6, 6.07) is 75.0. The zero-order valence-corrected chi connectivity index (χ0v) is 36.2. The lowest BCUT2D eigenvalue weighted by Crippen LogP contribution is -2.18. The molecule has 2 aliphatic carbocycles. The Labute approximate surface area is 368 Å². The lowest BCUT2D eigenvalue weighted by atomic mass is 9.82. The van der Waals surface area contributed by atoms with Gasteiger partial charge in [-0.2, -0.15) is 0 Å². The van der Waals surface area contributed by atoms with Gasteiger partial charge in [-0.15, -0.1) is 11.3 Å². The van der Waals surface area contributed by atoms with Gasteiger partial charge in [-0.25, -0.2) is 0 Å². The fraction of sp³-hybridized carbons (Fsp3) is 0.100. The SMILES string of the molecule is CC1(C)c2ccccc2-c2ccc(N(c3ccc4c(c3)C(C)(C)c3ccccc3-4)c3cccc(-c4cccc(-c5ccccc5)c4)c3-c3cccc4sc5ccccc5c34)cc21. The van der Waals surface area contributed by atoms with Gasteiger partial charge < -0.3 is 4.90 Å². The van der Waals surface area contributed by atoms with Crippen LogP contribution in [0.1, 0.15) is 49.9 Å². The summed E-state index contributed by atoms with van der Waals surface area (Å²) in [5.74, 6) is 0. The first-order valence-electron chi connectivity index (χ1n) is 21.8. The Hall–Kier alpha value is -7.00. The Bertz CT molecular complexity index is 3310. The van der Waals surface area contributed by atoms with Crippen molar-refractivity contribution in [2.75, 3.05) is 4.90 Å². The van der Waals surface area contributed by atoms with E-state index in [0.717, 1.165) is 17.1 Å². The van der Waals surface area contributed by atoms with Crippen molar-refractivity contribution >= 4 is 48.6 Å². The highest BCUT2D eigenvalue weighted by Gasteiger charge is 2.38. The van der Waals surface area contributed by atoms with Crippen molar-refractivity contribution in [1.82, 2.24) is 0 Å². The molecule has 9 aromatic carbocycles. The molecule has 1 aromatic heterocycles. The van der Waals surface area contributed by atoms with Crippen LogP contribution < -0.4 is 4.90 Å². The van der Waals surface area contributed by atoms with Crippen LogP contribution in [-0.4, -0.2) is 0 Å². The predicted molar refractivity (Wildman–Crippen MR) is 265 cm³/mol. The lowest BCUT2D eigenvalue weighted by molar-refractivity contribution is 0.660. The molecule has 0 bridgehead atoms. The third-order valence-electron chi connectivity index (χ3n) is 13.9. The van der Waals surface area contributed by atoms with Crippen LogP contribution in [0.15, 0.2) is 200 Å². The maximum Gasteiger partial charge on any atom is 0.0546 e. The summed E-state index contributed by atoms with van der Waals surface area (Å²) < 4.78 is 2.60. The third-order valence-corrected chi connectivity index (χ3v) is 15.0. The van der Waals surface area contributed by atoms with Gasteiger partial charge in [-0.1, -0.05) is 179 Å². The number of hydrogen-bond acceptors (Lipinski definition) is 2. The predicted octanol–water partition coefficient (Wildman–Crippen LogP) is 17.1. The fourth-order valence-electron chi connectivity index (χ4n) is 10.8. The molecule has 0 fully saturated rings. The molecule has 0 spiro atoms. The van der Waals surface area contributed by atoms with Gasteiger partial charge in [0, 0.05) is 47.9 Å². The highest BCUT2D eigenvalue weighted by molar-refractivity contribution is 7.25. The van der Waals surface area contributed by atoms with Crippen molar-refractivity contribution in [3.05, 3.63) is 222 Å². The van der Waals surface area contributed by atoms with E-state index >= 15 is 0 Å². The number of fused-ring (bicyclic) bond motifs is 9. The van der Waals surface area contributed by atoms with Crippen LogP contribution in [0.4, 0.5) is 17.1 Å². The Kier molecular flexibility index (Phi) is 8.17. The summed E-state index contributed by atoms with van der Waals surface area (Å²) in [6.07, 6.45) is 0. The van der Waals surface area contributed by atoms with Gasteiger partial charge in [-0.05, 0) is 121 Å². The van der Waals surface area contributed by atoms with Crippen molar-refractivity contribution in [1.29, 1.82) is 0 Å². The Balaban J connectivity index is 1.17. The van der Waals surface area contributed by atoms with Crippen LogP contribution in [0.5, 0.6) is 0 Å². The zero-order valence-electron chi connectivity index (χ0n) is 35.4. The van der Waals surface area contributed by atoms with Crippen LogP contribution in [0.2, 0.25) is 0 Å². The molecule has 0 atom stereocenters. The van der Waals surface area contributed by atoms with E-state index in [-0.39, 0.29) is 10.8 Å². The summed E-state index contributed by atoms with van der Waals surface area (Å²) in [6.45, 7) is 9.54. The second kappa shape index (κ2) is 13.8. The van der Waals surface area contributed by atoms with Gasteiger partial charge in [0.2, 0.25) is 0 Å². The number of anilines is 3. The van der Waals surface area contributed by atoms with Crippen molar-refractivity contribution in [3.8, 4) is 55.6 Å². The van der Waals surface area contributed by atoms with Gasteiger partial charge >= 0.3 is 0 Å². The molecule has 0 saturated heterocycles. The first-order valence-corrected chi connectivity index (χ1v) is 22.6. The largest absolute Gasteiger partial charge is 0.310 e. The smallest absolute Gasteiger partial charge is 0.0546 e. The molecule has 62 heavy (non-hydrogen) atoms. The molecule has 0 aliphatic heterocycles. The Morgan fingerprint density at radius 1 is 0.355 bits per heavy atom. The number of rotatable bonds is 6. The summed E-state index contributed by atoms with van der Waals surface area (Å²) in [5.41, 5.74) is 21.2. The number of hydrogen-bond donors (Lipinski definition) is 0. The molecule has 1 heterocycles. The normalized spacial score (nSPS) is 14.1. The molecular weight excluding hydrogens is 767 g/mol. The van der Waals surface area contributed by atoms with Crippen molar-refractivity contribution in [3.63, 3.8) is 0 Å². The third kappa shape index (κ3) is 5.46. The minimum atomic E-state index is -0.154. The quantitative estimate of drug-likeness (QED) is 0.162. The topological polar surface area (TPSA) is 3.24 Å². The second-order valence-electron chi connectivity index (χ2n) is 18.1. The van der Waals surface area contributed by atoms with E-state index in [2.05, 4.69) is 233 Å². The highest BCUT2D eigenvalue weighted by atomic mass is 32.1. The van der Waals surface area contributed by atoms with E-state index in [4.69, 9.17) is 0 Å². The molecule has 0 unspecified atom stereocenters. The average molecular weight is 812 g/mol. The number of thiophene rings is 1. The zero-order chi connectivity index (χ0) is 41.7. The molecule has 12 rings (SSSR count). The maximum atomic E-state index is 2.56. The number of benzene rings is 9. The molecule has 0 radical (unpaired) electrons. The first-order chi connectivity index (χ1) is 30.3. The van der Waals surface area contributed by atoms with Crippen LogP contribution >= 0.6 is 11.3 Å². The highest BCUT2D eigenvalue weighted by Crippen LogP contribution is 2.55. The average Bonchev–Trinajstić information content (AvgIpc) is 3.89. The van der Waals surface area contributed by atoms with Crippen LogP contribution in [0.25, 0.3) is 75.8 Å². The summed E-state index contributed by atoms with van der Waals surface area (Å²) in [5, 5.41) is 2.60. The van der Waals surface area contributed by atoms with Gasteiger partial charge in [0.05, 0.1) is 5.69 Å². The van der Waals surface area contributed by atoms with E-state index in [1.165, 1.54) is 98.1 Å². The van der Waals surface area contributed by atoms with Gasteiger partial charge in [0.15, 0.2) is 0 Å². The maximum absolute atomic E-state index is 2.56. The standard InChI is InChI=1S/C60H45NS/c1-59(2)50-26-11-8-21-44(50)46-33-31-41(36-52(46)59)61(42-32-34-47-45-22-9-12-27-51(45)60(3,4)53(47)37-42)54-28-15-24-43(40-20-14-19-39(35-40)38-17-6-5-7-18-38)57(54)49-25-16-30-56-58(49)48-23-10-13-29-55(48)62-56/h5-37H,1-4H3. The second-order valence-corrected chi connectivity index (χ2v) is 19.1. The van der Waals surface area contributed by atoms with Gasteiger partial charge in [-0.3, -0.25) is 0 Å². The molecule has 2 aliphatic rings. The van der Waals surface area contributed by atoms with Crippen molar-refractivity contribution in [2.24, 2.45) is 0 Å². The van der Waals surface area contributed by atoms with Gasteiger partial charge in [0.1, 0.15) is 0 Å². The van der Waals surface area contributed by atoms with E-state index in [0.29, 0.717) is 0 Å². The van der Waals surface area contributed by atoms with E-state index < -0.39 is 0 Å². The summed E-state index contributed by atoms with van der Waals surface area (Å²) >= 11 is 1.88. The monoisotopic (exact) mass is 811 g/mol. The van der Waals surface area contributed by atoms with E-state index in [9.17, 15) is 0 Å². The van der Waals surface area contributed by atoms with Crippen molar-refractivity contribution < 1.29 is 0 Å². The lowest BCUT2D eigenvalue weighted by Gasteiger charge is -2.32. The molecule has 0 amide bonds. The van der Waals surface area contributed by atoms with E-state index in [1.807, 2.05) is 11.3 Å². The van der Waals surface area contributed by atoms with E-state index in [1.54, 1.807) is 0 Å². The Morgan fingerprint density at radius 3 is 1.55 bits per heavy atom. The first kappa shape index (κ1) is 36.8. The molecule has 1 nitrogen and oxygen atoms in total. The van der Waals surface area contributed by atoms with Crippen LogP contribution in [0.3, 0.4) is 0 Å². The minimum Gasteiger partial charge on any atom is -0.310 e. The molecule has 0 saturated carbocycles. The summed E-state index contributed by atoms with van der Waals surface area (Å²) in [4.78, 5) is 2.56. The molecule has 10 aromatic rings. The van der Waals surface area contributed by atoms with Gasteiger partial charge in [0.25, 0.3) is 0 Å². The minimum absolute atomic E-state index is 0.154. The van der Waals surface area contributed by atoms with Crippen LogP contribution in [0, 0.1) is 0 Å². The Morgan fingerprint density at radius 2 is 0.855 bits per heavy atom. The number of nitrogens with zero attached hydrogens (tertiary/aromatic N) is 1. The summed E-state index contributed by atoms with van der Waals surface area (Å²) in [7, 11) is 0. The molecular formula is C60H45NS. The molecule has 0 N–H and O–H groups in total. The molecule has 2 heteroatoms. The fourth-order valence-corrected chi connectivity index (χ4v) is 12.0. The van der Waals surface area contributed by atoms with Crippen LogP contribution in [-0.2, 0) is 10.8 Å². The molecule has 296 valence electrons. The van der Waals surface area contributed by atoms with Crippen molar-refractivity contribution in [2.45, 2.75) is 38.5 Å².